The average molecular weight is 230 g/mol. The smallest absolute Gasteiger partial charge is 0.0424 e. The fourth-order valence-corrected chi connectivity index (χ4v) is 2.15. The molecular formula is C15H22N2. The van der Waals surface area contributed by atoms with Gasteiger partial charge in [-0.15, -0.1) is 6.58 Å². The van der Waals surface area contributed by atoms with E-state index in [-0.39, 0.29) is 6.04 Å². The van der Waals surface area contributed by atoms with Crippen LogP contribution in [0.3, 0.4) is 0 Å². The van der Waals surface area contributed by atoms with Gasteiger partial charge in [0.05, 0.1) is 0 Å². The summed E-state index contributed by atoms with van der Waals surface area (Å²) in [5.41, 5.74) is 8.78. The van der Waals surface area contributed by atoms with Crippen molar-refractivity contribution in [1.29, 1.82) is 0 Å². The first-order valence-corrected chi connectivity index (χ1v) is 6.38. The van der Waals surface area contributed by atoms with Crippen LogP contribution in [-0.2, 0) is 0 Å². The predicted molar refractivity (Wildman–Crippen MR) is 72.9 cm³/mol. The lowest BCUT2D eigenvalue weighted by molar-refractivity contribution is 0.274. The van der Waals surface area contributed by atoms with Crippen LogP contribution in [0.4, 0.5) is 0 Å². The topological polar surface area (TPSA) is 29.3 Å². The molecule has 1 aliphatic carbocycles. The van der Waals surface area contributed by atoms with Crippen LogP contribution in [0.25, 0.3) is 0 Å². The van der Waals surface area contributed by atoms with Crippen LogP contribution in [0.5, 0.6) is 0 Å². The van der Waals surface area contributed by atoms with E-state index in [1.165, 1.54) is 24.0 Å². The molecule has 2 nitrogen and oxygen atoms in total. The summed E-state index contributed by atoms with van der Waals surface area (Å²) in [6.07, 6.45) is 4.60. The predicted octanol–water partition coefficient (Wildman–Crippen LogP) is 2.65. The first-order valence-electron chi connectivity index (χ1n) is 6.38. The molecule has 0 aromatic heterocycles. The van der Waals surface area contributed by atoms with Gasteiger partial charge in [0.2, 0.25) is 0 Å². The van der Waals surface area contributed by atoms with Crippen molar-refractivity contribution in [1.82, 2.24) is 4.90 Å². The molecular weight excluding hydrogens is 208 g/mol. The summed E-state index contributed by atoms with van der Waals surface area (Å²) < 4.78 is 0. The van der Waals surface area contributed by atoms with Crippen LogP contribution in [0, 0.1) is 6.92 Å². The van der Waals surface area contributed by atoms with E-state index in [1.54, 1.807) is 0 Å². The summed E-state index contributed by atoms with van der Waals surface area (Å²) in [6, 6.07) is 9.38. The summed E-state index contributed by atoms with van der Waals surface area (Å²) in [5, 5.41) is 0. The fourth-order valence-electron chi connectivity index (χ4n) is 2.15. The molecule has 0 spiro atoms. The van der Waals surface area contributed by atoms with Crippen molar-refractivity contribution in [2.75, 3.05) is 13.1 Å². The lowest BCUT2D eigenvalue weighted by atomic mass is 10.1. The molecule has 1 atom stereocenters. The number of benzene rings is 1. The molecule has 1 fully saturated rings. The van der Waals surface area contributed by atoms with E-state index in [1.807, 2.05) is 6.08 Å². The maximum atomic E-state index is 6.27. The van der Waals surface area contributed by atoms with Crippen LogP contribution in [0.15, 0.2) is 36.9 Å². The maximum Gasteiger partial charge on any atom is 0.0424 e. The van der Waals surface area contributed by atoms with Gasteiger partial charge in [-0.1, -0.05) is 35.9 Å². The first-order chi connectivity index (χ1) is 8.20. The van der Waals surface area contributed by atoms with Crippen molar-refractivity contribution in [3.05, 3.63) is 48.0 Å². The molecule has 0 saturated heterocycles. The molecule has 0 amide bonds. The Balaban J connectivity index is 1.96. The highest BCUT2D eigenvalue weighted by Gasteiger charge is 2.29. The Morgan fingerprint density at radius 2 is 2.06 bits per heavy atom. The molecule has 0 heterocycles. The van der Waals surface area contributed by atoms with Gasteiger partial charge in [-0.3, -0.25) is 4.90 Å². The fraction of sp³-hybridized carbons (Fsp3) is 0.467. The monoisotopic (exact) mass is 230 g/mol. The number of nitrogens with zero attached hydrogens (tertiary/aromatic N) is 1. The Bertz CT molecular complexity index is 365. The van der Waals surface area contributed by atoms with Crippen LogP contribution in [0.1, 0.15) is 30.0 Å². The Morgan fingerprint density at radius 3 is 2.59 bits per heavy atom. The van der Waals surface area contributed by atoms with E-state index >= 15 is 0 Å². The minimum Gasteiger partial charge on any atom is -0.323 e. The van der Waals surface area contributed by atoms with Gasteiger partial charge in [-0.2, -0.15) is 0 Å². The van der Waals surface area contributed by atoms with Crippen molar-refractivity contribution in [2.24, 2.45) is 5.73 Å². The quantitative estimate of drug-likeness (QED) is 0.761. The molecule has 2 heteroatoms. The highest BCUT2D eigenvalue weighted by Crippen LogP contribution is 2.28. The second kappa shape index (κ2) is 5.48. The van der Waals surface area contributed by atoms with Crippen molar-refractivity contribution in [2.45, 2.75) is 31.8 Å². The second-order valence-electron chi connectivity index (χ2n) is 4.99. The van der Waals surface area contributed by atoms with Crippen molar-refractivity contribution < 1.29 is 0 Å². The molecule has 92 valence electrons. The maximum absolute atomic E-state index is 6.27. The van der Waals surface area contributed by atoms with Crippen LogP contribution in [-0.4, -0.2) is 24.0 Å². The van der Waals surface area contributed by atoms with Crippen LogP contribution >= 0.6 is 0 Å². The molecule has 0 radical (unpaired) electrons. The van der Waals surface area contributed by atoms with E-state index in [9.17, 15) is 0 Å². The van der Waals surface area contributed by atoms with E-state index in [4.69, 9.17) is 5.73 Å². The van der Waals surface area contributed by atoms with Gasteiger partial charge in [0.25, 0.3) is 0 Å². The molecule has 1 aromatic carbocycles. The first kappa shape index (κ1) is 12.3. The second-order valence-corrected chi connectivity index (χ2v) is 4.99. The number of rotatable bonds is 6. The Labute approximate surface area is 104 Å². The van der Waals surface area contributed by atoms with E-state index < -0.39 is 0 Å². The molecule has 2 N–H and O–H groups in total. The molecule has 1 unspecified atom stereocenters. The highest BCUT2D eigenvalue weighted by molar-refractivity contribution is 5.24. The van der Waals surface area contributed by atoms with E-state index in [0.717, 1.165) is 19.1 Å². The molecule has 1 aliphatic rings. The highest BCUT2D eigenvalue weighted by atomic mass is 15.2. The van der Waals surface area contributed by atoms with Gasteiger partial charge in [0.15, 0.2) is 0 Å². The van der Waals surface area contributed by atoms with Crippen LogP contribution < -0.4 is 5.73 Å². The lowest BCUT2D eigenvalue weighted by Gasteiger charge is -2.24. The molecule has 2 rings (SSSR count). The largest absolute Gasteiger partial charge is 0.323 e. The molecule has 17 heavy (non-hydrogen) atoms. The minimum atomic E-state index is 0.108. The van der Waals surface area contributed by atoms with Crippen molar-refractivity contribution in [3.63, 3.8) is 0 Å². The lowest BCUT2D eigenvalue weighted by Crippen LogP contribution is -2.34. The van der Waals surface area contributed by atoms with E-state index in [0.29, 0.717) is 0 Å². The van der Waals surface area contributed by atoms with Crippen LogP contribution in [0.2, 0.25) is 0 Å². The SMILES string of the molecule is C=CCN(CC(N)c1ccc(C)cc1)C1CC1. The summed E-state index contributed by atoms with van der Waals surface area (Å²) in [7, 11) is 0. The van der Waals surface area contributed by atoms with Gasteiger partial charge in [0, 0.05) is 25.2 Å². The number of hydrogen-bond acceptors (Lipinski definition) is 2. The summed E-state index contributed by atoms with van der Waals surface area (Å²) in [6.45, 7) is 7.80. The summed E-state index contributed by atoms with van der Waals surface area (Å²) in [4.78, 5) is 2.44. The van der Waals surface area contributed by atoms with Gasteiger partial charge in [-0.05, 0) is 25.3 Å². The Kier molecular flexibility index (Phi) is 3.97. The summed E-state index contributed by atoms with van der Waals surface area (Å²) in [5.74, 6) is 0. The third-order valence-electron chi connectivity index (χ3n) is 3.36. The van der Waals surface area contributed by atoms with Crippen molar-refractivity contribution >= 4 is 0 Å². The minimum absolute atomic E-state index is 0.108. The zero-order valence-electron chi connectivity index (χ0n) is 10.6. The molecule has 1 aromatic rings. The van der Waals surface area contributed by atoms with Crippen molar-refractivity contribution in [3.8, 4) is 0 Å². The number of hydrogen-bond donors (Lipinski definition) is 1. The zero-order valence-corrected chi connectivity index (χ0v) is 10.6. The van der Waals surface area contributed by atoms with E-state index in [2.05, 4.69) is 42.7 Å². The third-order valence-corrected chi connectivity index (χ3v) is 3.36. The number of nitrogens with two attached hydrogens (primary N) is 1. The molecule has 0 bridgehead atoms. The van der Waals surface area contributed by atoms with Gasteiger partial charge in [0.1, 0.15) is 0 Å². The average Bonchev–Trinajstić information content (AvgIpc) is 3.13. The third kappa shape index (κ3) is 3.42. The number of aryl methyl sites for hydroxylation is 1. The van der Waals surface area contributed by atoms with Gasteiger partial charge in [-0.25, -0.2) is 0 Å². The normalized spacial score (nSPS) is 17.1. The molecule has 1 saturated carbocycles. The summed E-state index contributed by atoms with van der Waals surface area (Å²) >= 11 is 0. The molecule has 0 aliphatic heterocycles. The Morgan fingerprint density at radius 1 is 1.41 bits per heavy atom. The standard InChI is InChI=1S/C15H22N2/c1-3-10-17(14-8-9-14)11-15(16)13-6-4-12(2)5-7-13/h3-7,14-15H,1,8-11,16H2,2H3. The zero-order chi connectivity index (χ0) is 12.3. The Hall–Kier alpha value is -1.12. The van der Waals surface area contributed by atoms with Gasteiger partial charge >= 0.3 is 0 Å². The van der Waals surface area contributed by atoms with Gasteiger partial charge < -0.3 is 5.73 Å².